The van der Waals surface area contributed by atoms with Gasteiger partial charge in [-0.3, -0.25) is 0 Å². The van der Waals surface area contributed by atoms with E-state index in [0.29, 0.717) is 0 Å². The molecule has 0 bridgehead atoms. The molecule has 6 nitrogen and oxygen atoms in total. The van der Waals surface area contributed by atoms with Crippen molar-refractivity contribution in [2.45, 2.75) is 0 Å². The molecule has 0 atom stereocenters. The van der Waals surface area contributed by atoms with E-state index in [4.69, 9.17) is 23.9 Å². The fourth-order valence-corrected chi connectivity index (χ4v) is 0. The Bertz CT molecular complexity index is 49.7. The third kappa shape index (κ3) is 270. The van der Waals surface area contributed by atoms with Crippen molar-refractivity contribution in [3.8, 4) is 0 Å². The van der Waals surface area contributed by atoms with Crippen LogP contribution in [0.5, 0.6) is 0 Å². The molecular formula is Al3O6Tm. The first-order valence-corrected chi connectivity index (χ1v) is 4.24. The summed E-state index contributed by atoms with van der Waals surface area (Å²) < 4.78 is 50.8. The van der Waals surface area contributed by atoms with Gasteiger partial charge in [-0.2, -0.15) is 0 Å². The molecule has 0 unspecified atom stereocenters. The maximum atomic E-state index is 8.46. The summed E-state index contributed by atoms with van der Waals surface area (Å²) in [5, 5.41) is 0. The van der Waals surface area contributed by atoms with Crippen molar-refractivity contribution in [2.24, 2.45) is 0 Å². The van der Waals surface area contributed by atoms with E-state index >= 15 is 0 Å². The molecule has 0 N–H and O–H groups in total. The number of hydrogen-bond acceptors (Lipinski definition) is 6. The molecule has 10 heavy (non-hydrogen) atoms. The summed E-state index contributed by atoms with van der Waals surface area (Å²) in [4.78, 5) is 0. The van der Waals surface area contributed by atoms with Gasteiger partial charge in [0.2, 0.25) is 0 Å². The average Bonchev–Trinajstić information content (AvgIpc) is 1.70. The molecule has 58 valence electrons. The first-order valence-electron chi connectivity index (χ1n) is 1.41. The van der Waals surface area contributed by atoms with Crippen LogP contribution in [0.1, 0.15) is 0 Å². The predicted octanol–water partition coefficient (Wildman–Crippen LogP) is -5.07. The van der Waals surface area contributed by atoms with Gasteiger partial charge in [-0.25, -0.2) is 0 Å². The minimum absolute atomic E-state index is 0. The molecule has 0 saturated heterocycles. The fourth-order valence-electron chi connectivity index (χ4n) is 0. The van der Waals surface area contributed by atoms with Crippen molar-refractivity contribution in [1.82, 2.24) is 0 Å². The smallest absolute Gasteiger partial charge is 3.00 e. The maximum Gasteiger partial charge on any atom is 3.00 e. The Morgan fingerprint density at radius 2 is 0.700 bits per heavy atom. The van der Waals surface area contributed by atoms with Gasteiger partial charge >= 0.3 is 107 Å². The second-order valence-corrected chi connectivity index (χ2v) is 0.866. The molecule has 0 aromatic rings. The van der Waals surface area contributed by atoms with Crippen LogP contribution in [0.3, 0.4) is 0 Å². The second kappa shape index (κ2) is 46.0. The van der Waals surface area contributed by atoms with Crippen LogP contribution in [0, 0.1) is 36.9 Å². The van der Waals surface area contributed by atoms with E-state index in [-0.39, 0.29) is 36.9 Å². The number of rotatable bonds is 0. The van der Waals surface area contributed by atoms with E-state index < -0.39 is 46.5 Å². The molecule has 0 spiro atoms. The third-order valence-electron chi connectivity index (χ3n) is 0. The average molecular weight is 346 g/mol. The Hall–Kier alpha value is 1.63. The summed E-state index contributed by atoms with van der Waals surface area (Å²) in [7, 11) is 0. The summed E-state index contributed by atoms with van der Waals surface area (Å²) in [6, 6.07) is 0. The molecule has 0 aliphatic rings. The zero-order valence-corrected chi connectivity index (χ0v) is 9.70. The second-order valence-electron chi connectivity index (χ2n) is 0.289. The van der Waals surface area contributed by atoms with E-state index in [9.17, 15) is 0 Å². The summed E-state index contributed by atoms with van der Waals surface area (Å²) >= 11 is -5.25. The predicted molar refractivity (Wildman–Crippen MR) is 19.3 cm³/mol. The van der Waals surface area contributed by atoms with Crippen molar-refractivity contribution in [3.63, 3.8) is 0 Å². The van der Waals surface area contributed by atoms with Crippen molar-refractivity contribution in [3.05, 3.63) is 0 Å². The normalized spacial score (nSPS) is 2.40. The first kappa shape index (κ1) is 22.6. The summed E-state index contributed by atoms with van der Waals surface area (Å²) in [5.41, 5.74) is 0. The first-order chi connectivity index (χ1) is 4.24. The molecule has 0 fully saturated rings. The Morgan fingerprint density at radius 3 is 0.700 bits per heavy atom. The van der Waals surface area contributed by atoms with Crippen LogP contribution in [0.4, 0.5) is 0 Å². The van der Waals surface area contributed by atoms with Crippen molar-refractivity contribution < 1.29 is 60.8 Å². The largest absolute Gasteiger partial charge is 3.00 e. The summed E-state index contributed by atoms with van der Waals surface area (Å²) in [6.07, 6.45) is 0. The molecule has 0 rings (SSSR count). The van der Waals surface area contributed by atoms with Crippen LogP contribution in [0.25, 0.3) is 0 Å². The van der Waals surface area contributed by atoms with E-state index in [1.165, 1.54) is 0 Å². The van der Waals surface area contributed by atoms with Gasteiger partial charge in [0.1, 0.15) is 0 Å². The van der Waals surface area contributed by atoms with E-state index in [0.717, 1.165) is 0 Å². The molecule has 10 heteroatoms. The molecule has 0 saturated carbocycles. The van der Waals surface area contributed by atoms with Crippen LogP contribution in [0.2, 0.25) is 0 Å². The van der Waals surface area contributed by atoms with Crippen LogP contribution in [-0.2, 0) is 11.4 Å². The third-order valence-corrected chi connectivity index (χ3v) is 0. The molecule has 0 aromatic heterocycles. The monoisotopic (exact) mass is 346 g/mol. The fraction of sp³-hybridized carbons (Fsp3) is 0. The summed E-state index contributed by atoms with van der Waals surface area (Å²) in [5.74, 6) is 0. The van der Waals surface area contributed by atoms with E-state index in [2.05, 4.69) is 0 Å². The Balaban J connectivity index is -0.0000000257. The Morgan fingerprint density at radius 1 is 0.700 bits per heavy atom. The van der Waals surface area contributed by atoms with Gasteiger partial charge in [0.25, 0.3) is 0 Å². The van der Waals surface area contributed by atoms with Crippen LogP contribution in [0.15, 0.2) is 0 Å². The summed E-state index contributed by atoms with van der Waals surface area (Å²) in [6.45, 7) is 0. The van der Waals surface area contributed by atoms with Gasteiger partial charge in [0, 0.05) is 0 Å². The zero-order chi connectivity index (χ0) is 8.12. The maximum absolute atomic E-state index is 8.46. The van der Waals surface area contributed by atoms with Crippen LogP contribution < -0.4 is 12.5 Å². The SMILES string of the molecule is [O]=[Al][O-].[O]=[Al][O-].[O]=[Al][O-].[Tm+3]. The Kier molecular flexibility index (Phi) is 104. The van der Waals surface area contributed by atoms with Gasteiger partial charge in [-0.15, -0.1) is 0 Å². The molecule has 0 aliphatic heterocycles. The van der Waals surface area contributed by atoms with Crippen molar-refractivity contribution in [1.29, 1.82) is 0 Å². The number of hydrogen-bond donors (Lipinski definition) is 0. The van der Waals surface area contributed by atoms with Crippen LogP contribution in [-0.4, -0.2) is 46.5 Å². The van der Waals surface area contributed by atoms with E-state index in [1.54, 1.807) is 0 Å². The van der Waals surface area contributed by atoms with Crippen molar-refractivity contribution in [2.75, 3.05) is 0 Å². The van der Waals surface area contributed by atoms with Gasteiger partial charge in [-0.1, -0.05) is 0 Å². The topological polar surface area (TPSA) is 120 Å². The molecular weight excluding hydrogens is 346 g/mol. The standard InChI is InChI=1S/3Al.6O.Tm/q;;;;;;3*-1;+3. The minimum Gasteiger partial charge on any atom is 3.00 e. The van der Waals surface area contributed by atoms with Crippen LogP contribution >= 0.6 is 0 Å². The zero-order valence-electron chi connectivity index (χ0n) is 4.46. The molecule has 0 aliphatic carbocycles. The molecule has 0 amide bonds. The molecule has 0 radical (unpaired) electrons. The minimum atomic E-state index is -1.75. The van der Waals surface area contributed by atoms with Crippen molar-refractivity contribution >= 4 is 46.5 Å². The Labute approximate surface area is 106 Å². The quantitative estimate of drug-likeness (QED) is 0.405. The van der Waals surface area contributed by atoms with Gasteiger partial charge < -0.3 is 0 Å². The van der Waals surface area contributed by atoms with E-state index in [1.807, 2.05) is 0 Å². The van der Waals surface area contributed by atoms with Gasteiger partial charge in [-0.05, 0) is 0 Å². The van der Waals surface area contributed by atoms with Gasteiger partial charge in [0.15, 0.2) is 0 Å². The molecule has 0 aromatic carbocycles. The molecule has 0 heterocycles. The van der Waals surface area contributed by atoms with Gasteiger partial charge in [0.05, 0.1) is 0 Å².